The van der Waals surface area contributed by atoms with Gasteiger partial charge in [0.2, 0.25) is 5.88 Å². The van der Waals surface area contributed by atoms with Crippen molar-refractivity contribution in [1.29, 1.82) is 0 Å². The van der Waals surface area contributed by atoms with E-state index in [4.69, 9.17) is 16.3 Å². The van der Waals surface area contributed by atoms with Gasteiger partial charge in [0.25, 0.3) is 5.24 Å². The van der Waals surface area contributed by atoms with Gasteiger partial charge in [0.15, 0.2) is 0 Å². The van der Waals surface area contributed by atoms with Crippen LogP contribution in [0.15, 0.2) is 42.6 Å². The minimum atomic E-state index is -0.583. The number of hydrogen-bond donors (Lipinski definition) is 0. The molecule has 0 spiro atoms. The van der Waals surface area contributed by atoms with Crippen molar-refractivity contribution in [3.63, 3.8) is 0 Å². The Balaban J connectivity index is 2.33. The molecule has 0 N–H and O–H groups in total. The molecule has 0 bridgehead atoms. The quantitative estimate of drug-likeness (QED) is 0.779. The number of rotatable bonds is 3. The highest BCUT2D eigenvalue weighted by Gasteiger charge is 2.11. The Labute approximate surface area is 104 Å². The van der Waals surface area contributed by atoms with Crippen LogP contribution in [-0.4, -0.2) is 10.2 Å². The van der Waals surface area contributed by atoms with Crippen LogP contribution in [0.2, 0.25) is 0 Å². The van der Waals surface area contributed by atoms with E-state index >= 15 is 0 Å². The highest BCUT2D eigenvalue weighted by Crippen LogP contribution is 2.24. The SMILES string of the molecule is Cc1cccc(Oc2ncccc2C(=O)Cl)c1. The number of ether oxygens (including phenoxy) is 1. The summed E-state index contributed by atoms with van der Waals surface area (Å²) in [7, 11) is 0. The molecule has 3 nitrogen and oxygen atoms in total. The van der Waals surface area contributed by atoms with Gasteiger partial charge >= 0.3 is 0 Å². The van der Waals surface area contributed by atoms with Gasteiger partial charge in [-0.25, -0.2) is 4.98 Å². The van der Waals surface area contributed by atoms with E-state index in [2.05, 4.69) is 4.98 Å². The lowest BCUT2D eigenvalue weighted by Crippen LogP contribution is -1.97. The van der Waals surface area contributed by atoms with Crippen LogP contribution < -0.4 is 4.74 Å². The average molecular weight is 248 g/mol. The van der Waals surface area contributed by atoms with Crippen LogP contribution in [0.25, 0.3) is 0 Å². The zero-order valence-corrected chi connectivity index (χ0v) is 9.94. The van der Waals surface area contributed by atoms with Gasteiger partial charge in [-0.3, -0.25) is 4.79 Å². The molecule has 4 heteroatoms. The molecular formula is C13H10ClNO2. The topological polar surface area (TPSA) is 39.2 Å². The fourth-order valence-electron chi connectivity index (χ4n) is 1.41. The molecule has 0 fully saturated rings. The third kappa shape index (κ3) is 2.82. The third-order valence-electron chi connectivity index (χ3n) is 2.19. The van der Waals surface area contributed by atoms with Crippen molar-refractivity contribution < 1.29 is 9.53 Å². The lowest BCUT2D eigenvalue weighted by molar-refractivity contribution is 0.107. The largest absolute Gasteiger partial charge is 0.438 e. The van der Waals surface area contributed by atoms with Crippen LogP contribution in [0.1, 0.15) is 15.9 Å². The molecule has 0 radical (unpaired) electrons. The monoisotopic (exact) mass is 247 g/mol. The molecule has 0 aliphatic rings. The Bertz CT molecular complexity index is 555. The van der Waals surface area contributed by atoms with E-state index in [0.29, 0.717) is 5.75 Å². The van der Waals surface area contributed by atoms with E-state index in [9.17, 15) is 4.79 Å². The molecule has 86 valence electrons. The third-order valence-corrected chi connectivity index (χ3v) is 2.39. The van der Waals surface area contributed by atoms with Crippen LogP contribution in [0, 0.1) is 6.92 Å². The maximum atomic E-state index is 11.2. The van der Waals surface area contributed by atoms with E-state index in [1.165, 1.54) is 0 Å². The second-order valence-corrected chi connectivity index (χ2v) is 3.89. The number of aryl methyl sites for hydroxylation is 1. The summed E-state index contributed by atoms with van der Waals surface area (Å²) >= 11 is 5.45. The molecule has 1 aromatic carbocycles. The summed E-state index contributed by atoms with van der Waals surface area (Å²) in [4.78, 5) is 15.2. The molecule has 0 amide bonds. The molecule has 0 atom stereocenters. The van der Waals surface area contributed by atoms with Gasteiger partial charge in [-0.15, -0.1) is 0 Å². The van der Waals surface area contributed by atoms with Crippen LogP contribution in [0.5, 0.6) is 11.6 Å². The minimum Gasteiger partial charge on any atom is -0.438 e. The summed E-state index contributed by atoms with van der Waals surface area (Å²) in [6, 6.07) is 10.7. The summed E-state index contributed by atoms with van der Waals surface area (Å²) in [5.41, 5.74) is 1.33. The second kappa shape index (κ2) is 4.97. The van der Waals surface area contributed by atoms with Gasteiger partial charge in [0.05, 0.1) is 5.56 Å². The normalized spacial score (nSPS) is 10.0. The summed E-state index contributed by atoms with van der Waals surface area (Å²) in [6.07, 6.45) is 1.55. The van der Waals surface area contributed by atoms with Crippen LogP contribution in [0.4, 0.5) is 0 Å². The smallest absolute Gasteiger partial charge is 0.257 e. The first-order chi connectivity index (χ1) is 8.16. The average Bonchev–Trinajstić information content (AvgIpc) is 2.29. The minimum absolute atomic E-state index is 0.220. The van der Waals surface area contributed by atoms with E-state index in [1.54, 1.807) is 24.4 Å². The maximum Gasteiger partial charge on any atom is 0.257 e. The molecule has 0 aliphatic carbocycles. The molecule has 17 heavy (non-hydrogen) atoms. The molecular weight excluding hydrogens is 238 g/mol. The van der Waals surface area contributed by atoms with Crippen molar-refractivity contribution in [2.45, 2.75) is 6.92 Å². The number of carbonyl (C=O) groups excluding carboxylic acids is 1. The van der Waals surface area contributed by atoms with Crippen molar-refractivity contribution >= 4 is 16.8 Å². The van der Waals surface area contributed by atoms with E-state index in [0.717, 1.165) is 5.56 Å². The fraction of sp³-hybridized carbons (Fsp3) is 0.0769. The van der Waals surface area contributed by atoms with Gasteiger partial charge in [-0.1, -0.05) is 12.1 Å². The predicted molar refractivity (Wildman–Crippen MR) is 65.7 cm³/mol. The first-order valence-corrected chi connectivity index (χ1v) is 5.44. The Morgan fingerprint density at radius 2 is 2.12 bits per heavy atom. The highest BCUT2D eigenvalue weighted by atomic mass is 35.5. The van der Waals surface area contributed by atoms with Crippen molar-refractivity contribution in [3.05, 3.63) is 53.7 Å². The fourth-order valence-corrected chi connectivity index (χ4v) is 1.56. The molecule has 1 aromatic heterocycles. The molecule has 0 aliphatic heterocycles. The molecule has 2 aromatic rings. The van der Waals surface area contributed by atoms with Crippen LogP contribution >= 0.6 is 11.6 Å². The number of carbonyl (C=O) groups is 1. The molecule has 2 rings (SSSR count). The van der Waals surface area contributed by atoms with Gasteiger partial charge < -0.3 is 4.74 Å². The summed E-state index contributed by atoms with van der Waals surface area (Å²) in [5, 5.41) is -0.583. The highest BCUT2D eigenvalue weighted by molar-refractivity contribution is 6.68. The Morgan fingerprint density at radius 3 is 2.82 bits per heavy atom. The van der Waals surface area contributed by atoms with Crippen LogP contribution in [0.3, 0.4) is 0 Å². The predicted octanol–water partition coefficient (Wildman–Crippen LogP) is 3.56. The van der Waals surface area contributed by atoms with Crippen LogP contribution in [-0.2, 0) is 0 Å². The number of pyridine rings is 1. The first kappa shape index (κ1) is 11.6. The van der Waals surface area contributed by atoms with E-state index < -0.39 is 5.24 Å². The van der Waals surface area contributed by atoms with E-state index in [1.807, 2.05) is 25.1 Å². The van der Waals surface area contributed by atoms with Gasteiger partial charge in [0, 0.05) is 6.20 Å². The summed E-state index contributed by atoms with van der Waals surface area (Å²) < 4.78 is 5.54. The van der Waals surface area contributed by atoms with Crippen molar-refractivity contribution in [3.8, 4) is 11.6 Å². The number of nitrogens with zero attached hydrogens (tertiary/aromatic N) is 1. The summed E-state index contributed by atoms with van der Waals surface area (Å²) in [6.45, 7) is 1.96. The molecule has 0 unspecified atom stereocenters. The van der Waals surface area contributed by atoms with Crippen molar-refractivity contribution in [2.24, 2.45) is 0 Å². The number of hydrogen-bond acceptors (Lipinski definition) is 3. The van der Waals surface area contributed by atoms with Gasteiger partial charge in [-0.2, -0.15) is 0 Å². The Morgan fingerprint density at radius 1 is 1.29 bits per heavy atom. The lowest BCUT2D eigenvalue weighted by Gasteiger charge is -2.07. The zero-order chi connectivity index (χ0) is 12.3. The number of halogens is 1. The van der Waals surface area contributed by atoms with Crippen molar-refractivity contribution in [2.75, 3.05) is 0 Å². The molecule has 0 saturated carbocycles. The Kier molecular flexibility index (Phi) is 3.40. The number of benzene rings is 1. The second-order valence-electron chi connectivity index (χ2n) is 3.55. The van der Waals surface area contributed by atoms with Crippen molar-refractivity contribution in [1.82, 2.24) is 4.98 Å². The van der Waals surface area contributed by atoms with E-state index in [-0.39, 0.29) is 11.4 Å². The molecule has 0 saturated heterocycles. The zero-order valence-electron chi connectivity index (χ0n) is 9.18. The molecule has 1 heterocycles. The lowest BCUT2D eigenvalue weighted by atomic mass is 10.2. The first-order valence-electron chi connectivity index (χ1n) is 5.06. The summed E-state index contributed by atoms with van der Waals surface area (Å²) in [5.74, 6) is 0.848. The standard InChI is InChI=1S/C13H10ClNO2/c1-9-4-2-5-10(8-9)17-13-11(12(14)16)6-3-7-15-13/h2-8H,1H3. The maximum absolute atomic E-state index is 11.2. The van der Waals surface area contributed by atoms with Gasteiger partial charge in [-0.05, 0) is 48.4 Å². The Hall–Kier alpha value is -1.87. The van der Waals surface area contributed by atoms with Gasteiger partial charge in [0.1, 0.15) is 5.75 Å². The number of aromatic nitrogens is 1.